The van der Waals surface area contributed by atoms with Gasteiger partial charge in [0.05, 0.1) is 10.6 Å². The highest BCUT2D eigenvalue weighted by molar-refractivity contribution is 6.32. The molecule has 2 aliphatic heterocycles. The maximum absolute atomic E-state index is 13.8. The highest BCUT2D eigenvalue weighted by Gasteiger charge is 2.24. The predicted molar refractivity (Wildman–Crippen MR) is 86.6 cm³/mol. The van der Waals surface area contributed by atoms with Crippen LogP contribution in [0.2, 0.25) is 5.02 Å². The van der Waals surface area contributed by atoms with Gasteiger partial charge in [-0.3, -0.25) is 4.79 Å². The van der Waals surface area contributed by atoms with Crippen LogP contribution in [-0.2, 0) is 4.79 Å². The van der Waals surface area contributed by atoms with Gasteiger partial charge in [-0.15, -0.1) is 0 Å². The Morgan fingerprint density at radius 1 is 1.21 bits per heavy atom. The summed E-state index contributed by atoms with van der Waals surface area (Å²) in [5.74, 6) is 0.374. The number of amidine groups is 1. The van der Waals surface area contributed by atoms with Crippen molar-refractivity contribution in [2.75, 3.05) is 6.79 Å². The number of halogens is 2. The van der Waals surface area contributed by atoms with Crippen molar-refractivity contribution in [1.82, 2.24) is 5.32 Å². The first kappa shape index (κ1) is 14.7. The molecular formula is C17H10ClFN2O3. The van der Waals surface area contributed by atoms with E-state index in [1.807, 2.05) is 0 Å². The second-order valence-corrected chi connectivity index (χ2v) is 5.56. The summed E-state index contributed by atoms with van der Waals surface area (Å²) in [6, 6.07) is 9.38. The van der Waals surface area contributed by atoms with Gasteiger partial charge in [0.25, 0.3) is 5.91 Å². The van der Waals surface area contributed by atoms with E-state index < -0.39 is 11.7 Å². The minimum atomic E-state index is -0.459. The highest BCUT2D eigenvalue weighted by Crippen LogP contribution is 2.37. The van der Waals surface area contributed by atoms with Gasteiger partial charge in [0, 0.05) is 6.07 Å². The fourth-order valence-corrected chi connectivity index (χ4v) is 2.65. The third kappa shape index (κ3) is 2.51. The smallest absolute Gasteiger partial charge is 0.275 e. The highest BCUT2D eigenvalue weighted by atomic mass is 35.5. The van der Waals surface area contributed by atoms with Crippen molar-refractivity contribution in [2.24, 2.45) is 4.99 Å². The van der Waals surface area contributed by atoms with Gasteiger partial charge in [-0.1, -0.05) is 23.7 Å². The van der Waals surface area contributed by atoms with Gasteiger partial charge in [-0.2, -0.15) is 0 Å². The zero-order chi connectivity index (χ0) is 16.7. The first-order valence-corrected chi connectivity index (χ1v) is 7.45. The second kappa shape index (κ2) is 5.65. The summed E-state index contributed by atoms with van der Waals surface area (Å²) in [6.45, 7) is 0.127. The number of amides is 1. The quantitative estimate of drug-likeness (QED) is 0.851. The van der Waals surface area contributed by atoms with E-state index in [9.17, 15) is 9.18 Å². The summed E-state index contributed by atoms with van der Waals surface area (Å²) in [4.78, 5) is 16.3. The van der Waals surface area contributed by atoms with Crippen LogP contribution in [0.3, 0.4) is 0 Å². The Morgan fingerprint density at radius 3 is 2.75 bits per heavy atom. The molecule has 0 unspecified atom stereocenters. The summed E-state index contributed by atoms with van der Waals surface area (Å²) in [7, 11) is 0. The number of nitrogens with one attached hydrogen (secondary N) is 1. The lowest BCUT2D eigenvalue weighted by Gasteiger charge is -2.01. The number of fused-ring (bicyclic) bond motifs is 1. The molecule has 7 heteroatoms. The van der Waals surface area contributed by atoms with Gasteiger partial charge in [-0.05, 0) is 29.8 Å². The third-order valence-electron chi connectivity index (χ3n) is 3.61. The molecule has 2 aromatic carbocycles. The van der Waals surface area contributed by atoms with Crippen molar-refractivity contribution in [3.8, 4) is 11.5 Å². The van der Waals surface area contributed by atoms with Crippen LogP contribution in [0.5, 0.6) is 11.5 Å². The van der Waals surface area contributed by atoms with E-state index in [-0.39, 0.29) is 23.9 Å². The largest absolute Gasteiger partial charge is 0.454 e. The molecule has 4 rings (SSSR count). The monoisotopic (exact) mass is 344 g/mol. The molecule has 2 heterocycles. The van der Waals surface area contributed by atoms with Gasteiger partial charge in [0.1, 0.15) is 17.3 Å². The van der Waals surface area contributed by atoms with E-state index >= 15 is 0 Å². The molecule has 0 fully saturated rings. The summed E-state index contributed by atoms with van der Waals surface area (Å²) >= 11 is 6.19. The standard InChI is InChI=1S/C17H10ClFN2O3/c18-11-7-15-14(23-8-24-15)6-9(11)5-13-17(22)21-16(20-13)10-3-1-2-4-12(10)19/h1-7H,8H2,(H,20,21,22). The number of ether oxygens (including phenoxy) is 2. The molecule has 0 saturated carbocycles. The molecule has 5 nitrogen and oxygen atoms in total. The molecule has 1 amide bonds. The Morgan fingerprint density at radius 2 is 1.96 bits per heavy atom. The van der Waals surface area contributed by atoms with Crippen molar-refractivity contribution in [3.05, 3.63) is 64.1 Å². The average Bonchev–Trinajstić information content (AvgIpc) is 3.15. The Hall–Kier alpha value is -2.86. The Balaban J connectivity index is 1.73. The Kier molecular flexibility index (Phi) is 3.46. The SMILES string of the molecule is O=C1NC(c2ccccc2F)=NC1=Cc1cc2c(cc1Cl)OCO2. The molecule has 0 saturated heterocycles. The molecule has 0 aromatic heterocycles. The van der Waals surface area contributed by atoms with Crippen molar-refractivity contribution in [1.29, 1.82) is 0 Å². The topological polar surface area (TPSA) is 59.9 Å². The number of hydrogen-bond donors (Lipinski definition) is 1. The van der Waals surface area contributed by atoms with E-state index in [0.717, 1.165) is 0 Å². The van der Waals surface area contributed by atoms with Crippen LogP contribution in [0.1, 0.15) is 11.1 Å². The predicted octanol–water partition coefficient (Wildman–Crippen LogP) is 3.13. The van der Waals surface area contributed by atoms with Gasteiger partial charge in [-0.25, -0.2) is 9.38 Å². The van der Waals surface area contributed by atoms with Crippen molar-refractivity contribution < 1.29 is 18.7 Å². The molecule has 0 atom stereocenters. The van der Waals surface area contributed by atoms with Gasteiger partial charge >= 0.3 is 0 Å². The molecule has 2 aliphatic rings. The summed E-state index contributed by atoms with van der Waals surface area (Å²) in [6.07, 6.45) is 1.52. The van der Waals surface area contributed by atoms with Crippen LogP contribution >= 0.6 is 11.6 Å². The zero-order valence-electron chi connectivity index (χ0n) is 12.2. The molecule has 24 heavy (non-hydrogen) atoms. The third-order valence-corrected chi connectivity index (χ3v) is 3.94. The molecule has 1 N–H and O–H groups in total. The van der Waals surface area contributed by atoms with E-state index in [1.54, 1.807) is 30.3 Å². The normalized spacial score (nSPS) is 17.2. The van der Waals surface area contributed by atoms with E-state index in [0.29, 0.717) is 22.1 Å². The first-order chi connectivity index (χ1) is 11.6. The van der Waals surface area contributed by atoms with Crippen molar-refractivity contribution in [2.45, 2.75) is 0 Å². The molecule has 0 bridgehead atoms. The molecule has 2 aromatic rings. The van der Waals surface area contributed by atoms with Crippen LogP contribution in [0, 0.1) is 5.82 Å². The fourth-order valence-electron chi connectivity index (χ4n) is 2.44. The summed E-state index contributed by atoms with van der Waals surface area (Å²) in [5, 5.41) is 2.95. The second-order valence-electron chi connectivity index (χ2n) is 5.15. The first-order valence-electron chi connectivity index (χ1n) is 7.07. The van der Waals surface area contributed by atoms with E-state index in [1.165, 1.54) is 12.1 Å². The molecule has 0 aliphatic carbocycles. The average molecular weight is 345 g/mol. The number of rotatable bonds is 2. The number of carbonyl (C=O) groups excluding carboxylic acids is 1. The number of benzene rings is 2. The van der Waals surface area contributed by atoms with Crippen LogP contribution in [0.4, 0.5) is 4.39 Å². The number of hydrogen-bond acceptors (Lipinski definition) is 4. The number of carbonyl (C=O) groups is 1. The molecule has 0 radical (unpaired) electrons. The number of nitrogens with zero attached hydrogens (tertiary/aromatic N) is 1. The maximum atomic E-state index is 13.8. The maximum Gasteiger partial charge on any atom is 0.275 e. The summed E-state index contributed by atoms with van der Waals surface area (Å²) in [5.41, 5.74) is 0.921. The van der Waals surface area contributed by atoms with E-state index in [2.05, 4.69) is 10.3 Å². The van der Waals surface area contributed by atoms with Crippen molar-refractivity contribution >= 4 is 29.4 Å². The number of aliphatic imine (C=N–C) groups is 1. The van der Waals surface area contributed by atoms with Crippen molar-refractivity contribution in [3.63, 3.8) is 0 Å². The van der Waals surface area contributed by atoms with Crippen LogP contribution < -0.4 is 14.8 Å². The van der Waals surface area contributed by atoms with Gasteiger partial charge in [0.2, 0.25) is 6.79 Å². The van der Waals surface area contributed by atoms with E-state index in [4.69, 9.17) is 21.1 Å². The van der Waals surface area contributed by atoms with Crippen LogP contribution in [-0.4, -0.2) is 18.5 Å². The minimum Gasteiger partial charge on any atom is -0.454 e. The lowest BCUT2D eigenvalue weighted by Crippen LogP contribution is -2.25. The Labute approximate surface area is 141 Å². The zero-order valence-corrected chi connectivity index (χ0v) is 12.9. The fraction of sp³-hybridized carbons (Fsp3) is 0.0588. The molecule has 0 spiro atoms. The minimum absolute atomic E-state index is 0.127. The van der Waals surface area contributed by atoms with Crippen LogP contribution in [0.15, 0.2) is 47.1 Å². The van der Waals surface area contributed by atoms with Gasteiger partial charge < -0.3 is 14.8 Å². The molecular weight excluding hydrogens is 335 g/mol. The lowest BCUT2D eigenvalue weighted by atomic mass is 10.1. The Bertz CT molecular complexity index is 924. The van der Waals surface area contributed by atoms with Gasteiger partial charge in [0.15, 0.2) is 11.5 Å². The lowest BCUT2D eigenvalue weighted by molar-refractivity contribution is -0.115. The van der Waals surface area contributed by atoms with Crippen LogP contribution in [0.25, 0.3) is 6.08 Å². The molecule has 120 valence electrons. The summed E-state index contributed by atoms with van der Waals surface area (Å²) < 4.78 is 24.4.